The summed E-state index contributed by atoms with van der Waals surface area (Å²) in [5.41, 5.74) is 7.76. The Hall–Kier alpha value is -3.53. The van der Waals surface area contributed by atoms with Gasteiger partial charge in [0, 0.05) is 0 Å². The minimum absolute atomic E-state index is 0.239. The second-order valence-electron chi connectivity index (χ2n) is 7.33. The van der Waals surface area contributed by atoms with Crippen molar-refractivity contribution in [2.24, 2.45) is 5.73 Å². The molecule has 9 nitrogen and oxygen atoms in total. The van der Waals surface area contributed by atoms with E-state index in [-0.39, 0.29) is 12.1 Å². The fraction of sp³-hybridized carbons (Fsp3) is 0.273. The number of unbranched alkanes of at least 4 members (excludes halogenated alkanes) is 1. The maximum atomic E-state index is 12.9. The summed E-state index contributed by atoms with van der Waals surface area (Å²) in [6.45, 7) is 1.93. The van der Waals surface area contributed by atoms with Crippen LogP contribution in [0.5, 0.6) is 0 Å². The summed E-state index contributed by atoms with van der Waals surface area (Å²) in [4.78, 5) is 29.1. The van der Waals surface area contributed by atoms with E-state index >= 15 is 0 Å². The molecule has 0 bridgehead atoms. The predicted molar refractivity (Wildman–Crippen MR) is 123 cm³/mol. The molecule has 0 aliphatic heterocycles. The Morgan fingerprint density at radius 2 is 1.91 bits per heavy atom. The molecular formula is C22H23N7O2S. The highest BCUT2D eigenvalue weighted by molar-refractivity contribution is 7.98. The van der Waals surface area contributed by atoms with Crippen LogP contribution in [-0.4, -0.2) is 35.7 Å². The number of benzene rings is 2. The Labute approximate surface area is 188 Å². The highest BCUT2D eigenvalue weighted by Crippen LogP contribution is 2.23. The van der Waals surface area contributed by atoms with Gasteiger partial charge in [0.05, 0.1) is 22.3 Å². The van der Waals surface area contributed by atoms with Gasteiger partial charge in [-0.2, -0.15) is 4.68 Å². The number of hydrogen-bond acceptors (Lipinski definition) is 7. The second-order valence-corrected chi connectivity index (χ2v) is 8.28. The third kappa shape index (κ3) is 4.70. The molecule has 0 aliphatic rings. The van der Waals surface area contributed by atoms with Gasteiger partial charge in [-0.25, -0.2) is 4.98 Å². The number of fused-ring (bicyclic) bond motifs is 1. The molecule has 0 saturated carbocycles. The lowest BCUT2D eigenvalue weighted by Gasteiger charge is -2.12. The lowest BCUT2D eigenvalue weighted by atomic mass is 10.1. The molecule has 2 aromatic heterocycles. The van der Waals surface area contributed by atoms with Crippen LogP contribution in [0.25, 0.3) is 16.6 Å². The summed E-state index contributed by atoms with van der Waals surface area (Å²) in [6, 6.07) is 15.2. The van der Waals surface area contributed by atoms with Crippen LogP contribution in [0.15, 0.2) is 58.5 Å². The van der Waals surface area contributed by atoms with E-state index in [1.54, 1.807) is 22.9 Å². The number of hydrogen-bond donors (Lipinski definition) is 1. The van der Waals surface area contributed by atoms with Crippen LogP contribution in [0.1, 0.15) is 31.2 Å². The summed E-state index contributed by atoms with van der Waals surface area (Å²) in [7, 11) is 0. The molecule has 10 heteroatoms. The minimum Gasteiger partial charge on any atom is -0.368 e. The molecular weight excluding hydrogens is 426 g/mol. The number of nitrogens with two attached hydrogens (primary N) is 1. The van der Waals surface area contributed by atoms with E-state index in [1.807, 2.05) is 18.2 Å². The van der Waals surface area contributed by atoms with E-state index in [1.165, 1.54) is 21.9 Å². The van der Waals surface area contributed by atoms with Crippen LogP contribution < -0.4 is 11.3 Å². The molecule has 0 fully saturated rings. The maximum Gasteiger partial charge on any atom is 0.261 e. The zero-order valence-corrected chi connectivity index (χ0v) is 18.5. The van der Waals surface area contributed by atoms with E-state index in [2.05, 4.69) is 39.6 Å². The molecule has 4 rings (SSSR count). The van der Waals surface area contributed by atoms with E-state index in [4.69, 9.17) is 5.73 Å². The van der Waals surface area contributed by atoms with Crippen molar-refractivity contribution in [2.45, 2.75) is 43.6 Å². The number of thioether (sulfide) groups is 1. The normalized spacial score (nSPS) is 11.2. The smallest absolute Gasteiger partial charge is 0.261 e. The average Bonchev–Trinajstić information content (AvgIpc) is 3.27. The molecule has 2 N–H and O–H groups in total. The van der Waals surface area contributed by atoms with Gasteiger partial charge in [0.1, 0.15) is 12.4 Å². The molecule has 0 spiro atoms. The topological polar surface area (TPSA) is 122 Å². The number of aryl methyl sites for hydroxylation is 1. The van der Waals surface area contributed by atoms with Crippen LogP contribution in [0, 0.1) is 0 Å². The van der Waals surface area contributed by atoms with E-state index in [0.29, 0.717) is 27.6 Å². The highest BCUT2D eigenvalue weighted by atomic mass is 32.2. The number of aromatic nitrogens is 6. The number of amides is 1. The molecule has 0 aliphatic carbocycles. The van der Waals surface area contributed by atoms with Crippen LogP contribution in [0.4, 0.5) is 0 Å². The largest absolute Gasteiger partial charge is 0.368 e. The van der Waals surface area contributed by atoms with Gasteiger partial charge in [-0.1, -0.05) is 49.4 Å². The highest BCUT2D eigenvalue weighted by Gasteiger charge is 2.15. The number of carbonyl (C=O) groups is 1. The van der Waals surface area contributed by atoms with Gasteiger partial charge in [-0.15, -0.1) is 5.10 Å². The molecule has 0 atom stereocenters. The average molecular weight is 450 g/mol. The Balaban J connectivity index is 1.60. The van der Waals surface area contributed by atoms with Crippen LogP contribution >= 0.6 is 11.8 Å². The first kappa shape index (κ1) is 21.7. The number of tetrazole rings is 1. The lowest BCUT2D eigenvalue weighted by molar-refractivity contribution is -0.118. The number of para-hydroxylation sites is 1. The zero-order chi connectivity index (χ0) is 22.5. The van der Waals surface area contributed by atoms with E-state index in [9.17, 15) is 9.59 Å². The molecule has 0 radical (unpaired) electrons. The van der Waals surface area contributed by atoms with Gasteiger partial charge >= 0.3 is 0 Å². The standard InChI is InChI=1S/C22H23N7O2S/c1-2-3-6-15-9-11-16(12-10-15)29-22(25-26-27-29)32-14-20-24-18-8-5-4-7-17(18)21(31)28(20)13-19(23)30/h4-5,7-12H,2-3,6,13-14H2,1H3,(H2,23,30). The SMILES string of the molecule is CCCCc1ccc(-n2nnnc2SCc2nc3ccccc3c(=O)n2CC(N)=O)cc1. The van der Waals surface area contributed by atoms with Crippen molar-refractivity contribution in [1.29, 1.82) is 0 Å². The summed E-state index contributed by atoms with van der Waals surface area (Å²) < 4.78 is 2.96. The molecule has 4 aromatic rings. The van der Waals surface area contributed by atoms with Crippen molar-refractivity contribution in [3.63, 3.8) is 0 Å². The van der Waals surface area contributed by atoms with Crippen molar-refractivity contribution in [3.05, 3.63) is 70.3 Å². The first-order chi connectivity index (χ1) is 15.6. The fourth-order valence-electron chi connectivity index (χ4n) is 3.39. The van der Waals surface area contributed by atoms with Crippen molar-refractivity contribution in [2.75, 3.05) is 0 Å². The van der Waals surface area contributed by atoms with E-state index in [0.717, 1.165) is 24.9 Å². The molecule has 32 heavy (non-hydrogen) atoms. The van der Waals surface area contributed by atoms with Gasteiger partial charge in [0.25, 0.3) is 5.56 Å². The van der Waals surface area contributed by atoms with Gasteiger partial charge < -0.3 is 5.73 Å². The van der Waals surface area contributed by atoms with E-state index < -0.39 is 5.91 Å². The lowest BCUT2D eigenvalue weighted by Crippen LogP contribution is -2.31. The van der Waals surface area contributed by atoms with Gasteiger partial charge in [-0.05, 0) is 53.1 Å². The van der Waals surface area contributed by atoms with Crippen LogP contribution in [-0.2, 0) is 23.5 Å². The molecule has 0 saturated heterocycles. The Morgan fingerprint density at radius 1 is 1.12 bits per heavy atom. The van der Waals surface area contributed by atoms with Gasteiger partial charge in [0.2, 0.25) is 11.1 Å². The minimum atomic E-state index is -0.608. The number of primary amides is 1. The quantitative estimate of drug-likeness (QED) is 0.390. The molecule has 0 unspecified atom stereocenters. The molecule has 2 heterocycles. The summed E-state index contributed by atoms with van der Waals surface area (Å²) >= 11 is 1.33. The molecule has 1 amide bonds. The second kappa shape index (κ2) is 9.73. The maximum absolute atomic E-state index is 12.9. The fourth-order valence-corrected chi connectivity index (χ4v) is 4.22. The van der Waals surface area contributed by atoms with Crippen molar-refractivity contribution in [3.8, 4) is 5.69 Å². The molecule has 164 valence electrons. The first-order valence-corrected chi connectivity index (χ1v) is 11.3. The Bertz CT molecular complexity index is 1300. The van der Waals surface area contributed by atoms with Crippen molar-refractivity contribution in [1.82, 2.24) is 29.8 Å². The zero-order valence-electron chi connectivity index (χ0n) is 17.6. The number of rotatable bonds is 9. The Morgan fingerprint density at radius 3 is 2.66 bits per heavy atom. The summed E-state index contributed by atoms with van der Waals surface area (Å²) in [5, 5.41) is 13.0. The van der Waals surface area contributed by atoms with Crippen molar-refractivity contribution >= 4 is 28.6 Å². The Kier molecular flexibility index (Phi) is 6.60. The molecule has 2 aromatic carbocycles. The predicted octanol–water partition coefficient (Wildman–Crippen LogP) is 2.49. The monoisotopic (exact) mass is 449 g/mol. The first-order valence-electron chi connectivity index (χ1n) is 10.3. The number of nitrogens with zero attached hydrogens (tertiary/aromatic N) is 6. The third-order valence-corrected chi connectivity index (χ3v) is 5.94. The van der Waals surface area contributed by atoms with Crippen molar-refractivity contribution < 1.29 is 4.79 Å². The number of carbonyl (C=O) groups excluding carboxylic acids is 1. The summed E-state index contributed by atoms with van der Waals surface area (Å²) in [6.07, 6.45) is 3.34. The summed E-state index contributed by atoms with van der Waals surface area (Å²) in [5.74, 6) is 0.118. The third-order valence-electron chi connectivity index (χ3n) is 5.03. The van der Waals surface area contributed by atoms with Crippen LogP contribution in [0.3, 0.4) is 0 Å². The van der Waals surface area contributed by atoms with Gasteiger partial charge in [-0.3, -0.25) is 14.2 Å². The van der Waals surface area contributed by atoms with Gasteiger partial charge in [0.15, 0.2) is 0 Å². The van der Waals surface area contributed by atoms with Crippen LogP contribution in [0.2, 0.25) is 0 Å².